The molecular weight excluding hydrogens is 377 g/mol. The predicted molar refractivity (Wildman–Crippen MR) is 94.4 cm³/mol. The third-order valence-corrected chi connectivity index (χ3v) is 4.17. The van der Waals surface area contributed by atoms with Crippen molar-refractivity contribution in [2.75, 3.05) is 11.9 Å². The second-order valence-corrected chi connectivity index (χ2v) is 7.20. The van der Waals surface area contributed by atoms with Crippen molar-refractivity contribution in [1.29, 1.82) is 0 Å². The van der Waals surface area contributed by atoms with Gasteiger partial charge >= 0.3 is 0 Å². The second kappa shape index (κ2) is 6.29. The van der Waals surface area contributed by atoms with Crippen LogP contribution in [0.15, 0.2) is 12.5 Å². The van der Waals surface area contributed by atoms with Gasteiger partial charge in [0, 0.05) is 19.0 Å². The summed E-state index contributed by atoms with van der Waals surface area (Å²) in [6, 6.07) is 0. The lowest BCUT2D eigenvalue weighted by atomic mass is 9.92. The largest absolute Gasteiger partial charge is 0.369 e. The summed E-state index contributed by atoms with van der Waals surface area (Å²) in [4.78, 5) is 13.7. The minimum atomic E-state index is -0.0323. The average molecular weight is 399 g/mol. The van der Waals surface area contributed by atoms with Gasteiger partial charge in [0.15, 0.2) is 5.82 Å². The van der Waals surface area contributed by atoms with E-state index in [9.17, 15) is 0 Å². The van der Waals surface area contributed by atoms with Crippen LogP contribution in [-0.2, 0) is 12.5 Å². The average Bonchev–Trinajstić information content (AvgIpc) is 2.82. The maximum absolute atomic E-state index is 4.80. The molecule has 0 radical (unpaired) electrons. The number of rotatable bonds is 4. The van der Waals surface area contributed by atoms with Crippen LogP contribution in [0.4, 0.5) is 5.82 Å². The molecule has 0 bridgehead atoms. The molecule has 1 N–H and O–H groups in total. The van der Waals surface area contributed by atoms with Gasteiger partial charge in [-0.15, -0.1) is 0 Å². The lowest BCUT2D eigenvalue weighted by Crippen LogP contribution is -2.19. The van der Waals surface area contributed by atoms with Crippen LogP contribution in [-0.4, -0.2) is 26.1 Å². The number of halogens is 1. The van der Waals surface area contributed by atoms with Crippen LogP contribution >= 0.6 is 22.6 Å². The molecule has 0 fully saturated rings. The fourth-order valence-corrected chi connectivity index (χ4v) is 3.23. The number of anilines is 1. The summed E-state index contributed by atoms with van der Waals surface area (Å²) in [5, 5.41) is 3.41. The second-order valence-electron chi connectivity index (χ2n) is 6.12. The van der Waals surface area contributed by atoms with E-state index in [-0.39, 0.29) is 5.41 Å². The summed E-state index contributed by atoms with van der Waals surface area (Å²) in [7, 11) is 1.96. The summed E-state index contributed by atoms with van der Waals surface area (Å²) in [6.45, 7) is 9.57. The first-order valence-corrected chi connectivity index (χ1v) is 8.21. The Morgan fingerprint density at radius 1 is 1.29 bits per heavy atom. The number of hydrogen-bond acceptors (Lipinski definition) is 4. The van der Waals surface area contributed by atoms with Gasteiger partial charge in [-0.1, -0.05) is 27.7 Å². The highest BCUT2D eigenvalue weighted by atomic mass is 127. The van der Waals surface area contributed by atoms with Crippen molar-refractivity contribution in [3.8, 4) is 11.5 Å². The first kappa shape index (κ1) is 16.2. The van der Waals surface area contributed by atoms with E-state index in [1.807, 2.05) is 11.6 Å². The topological polar surface area (TPSA) is 55.6 Å². The Bertz CT molecular complexity index is 627. The SMILES string of the molecule is CCCNc1nc(-c2cncn2C)nc(C(C)(C)C)c1I. The van der Waals surface area contributed by atoms with Crippen molar-refractivity contribution in [1.82, 2.24) is 19.5 Å². The number of imidazole rings is 1. The molecule has 0 unspecified atom stereocenters. The highest BCUT2D eigenvalue weighted by Gasteiger charge is 2.24. The molecule has 0 spiro atoms. The van der Waals surface area contributed by atoms with Crippen molar-refractivity contribution in [2.45, 2.75) is 39.5 Å². The lowest BCUT2D eigenvalue weighted by molar-refractivity contribution is 0.563. The molecule has 2 aromatic heterocycles. The van der Waals surface area contributed by atoms with Gasteiger partial charge in [-0.3, -0.25) is 0 Å². The van der Waals surface area contributed by atoms with Crippen molar-refractivity contribution in [3.05, 3.63) is 21.8 Å². The van der Waals surface area contributed by atoms with Gasteiger partial charge in [-0.25, -0.2) is 15.0 Å². The van der Waals surface area contributed by atoms with E-state index < -0.39 is 0 Å². The summed E-state index contributed by atoms with van der Waals surface area (Å²) in [6.07, 6.45) is 4.64. The highest BCUT2D eigenvalue weighted by molar-refractivity contribution is 14.1. The number of hydrogen-bond donors (Lipinski definition) is 1. The molecule has 6 heteroatoms. The molecule has 0 aliphatic carbocycles. The molecule has 0 atom stereocenters. The molecule has 2 aromatic rings. The van der Waals surface area contributed by atoms with Gasteiger partial charge < -0.3 is 9.88 Å². The first-order valence-electron chi connectivity index (χ1n) is 7.13. The molecule has 0 amide bonds. The summed E-state index contributed by atoms with van der Waals surface area (Å²) in [5.41, 5.74) is 1.96. The smallest absolute Gasteiger partial charge is 0.180 e. The molecule has 114 valence electrons. The fourth-order valence-electron chi connectivity index (χ4n) is 1.99. The number of aryl methyl sites for hydroxylation is 1. The van der Waals surface area contributed by atoms with E-state index >= 15 is 0 Å². The first-order chi connectivity index (χ1) is 9.84. The number of aromatic nitrogens is 4. The summed E-state index contributed by atoms with van der Waals surface area (Å²) < 4.78 is 3.04. The predicted octanol–water partition coefficient (Wildman–Crippen LogP) is 3.60. The molecular formula is C15H22IN5. The van der Waals surface area contributed by atoms with Crippen molar-refractivity contribution in [2.24, 2.45) is 7.05 Å². The Labute approximate surface area is 139 Å². The molecule has 2 heterocycles. The van der Waals surface area contributed by atoms with Gasteiger partial charge in [0.25, 0.3) is 0 Å². The molecule has 21 heavy (non-hydrogen) atoms. The molecule has 0 saturated heterocycles. The molecule has 0 aliphatic rings. The fraction of sp³-hybridized carbons (Fsp3) is 0.533. The van der Waals surface area contributed by atoms with Crippen LogP contribution in [0.5, 0.6) is 0 Å². The maximum atomic E-state index is 4.80. The Balaban J connectivity index is 2.59. The van der Waals surface area contributed by atoms with E-state index in [0.29, 0.717) is 0 Å². The summed E-state index contributed by atoms with van der Waals surface area (Å²) in [5.74, 6) is 1.63. The summed E-state index contributed by atoms with van der Waals surface area (Å²) >= 11 is 2.34. The lowest BCUT2D eigenvalue weighted by Gasteiger charge is -2.22. The van der Waals surface area contributed by atoms with Gasteiger partial charge in [0.1, 0.15) is 11.5 Å². The minimum absolute atomic E-state index is 0.0323. The molecule has 0 aromatic carbocycles. The van der Waals surface area contributed by atoms with Crippen molar-refractivity contribution in [3.63, 3.8) is 0 Å². The van der Waals surface area contributed by atoms with Crippen LogP contribution < -0.4 is 5.32 Å². The van der Waals surface area contributed by atoms with Crippen LogP contribution in [0.25, 0.3) is 11.5 Å². The van der Waals surface area contributed by atoms with E-state index in [0.717, 1.165) is 39.6 Å². The van der Waals surface area contributed by atoms with E-state index in [2.05, 4.69) is 60.6 Å². The van der Waals surface area contributed by atoms with Gasteiger partial charge in [0.05, 0.1) is 21.8 Å². The van der Waals surface area contributed by atoms with Crippen molar-refractivity contribution >= 4 is 28.4 Å². The molecule has 0 aliphatic heterocycles. The quantitative estimate of drug-likeness (QED) is 0.799. The van der Waals surface area contributed by atoms with Crippen LogP contribution in [0, 0.1) is 3.57 Å². The van der Waals surface area contributed by atoms with Crippen LogP contribution in [0.1, 0.15) is 39.8 Å². The zero-order valence-electron chi connectivity index (χ0n) is 13.2. The third-order valence-electron chi connectivity index (χ3n) is 3.15. The normalized spacial score (nSPS) is 11.7. The van der Waals surface area contributed by atoms with E-state index in [4.69, 9.17) is 9.97 Å². The van der Waals surface area contributed by atoms with E-state index in [1.54, 1.807) is 12.5 Å². The standard InChI is InChI=1S/C15H22IN5/c1-6-7-18-14-11(16)12(15(2,3)4)19-13(20-14)10-8-17-9-21(10)5/h8-9H,6-7H2,1-5H3,(H,18,19,20). The van der Waals surface area contributed by atoms with Crippen molar-refractivity contribution < 1.29 is 0 Å². The van der Waals surface area contributed by atoms with Gasteiger partial charge in [-0.05, 0) is 29.0 Å². The van der Waals surface area contributed by atoms with Crippen LogP contribution in [0.3, 0.4) is 0 Å². The molecule has 5 nitrogen and oxygen atoms in total. The van der Waals surface area contributed by atoms with E-state index in [1.165, 1.54) is 0 Å². The number of nitrogens with one attached hydrogen (secondary N) is 1. The Morgan fingerprint density at radius 3 is 2.52 bits per heavy atom. The zero-order chi connectivity index (χ0) is 15.6. The zero-order valence-corrected chi connectivity index (χ0v) is 15.4. The Morgan fingerprint density at radius 2 is 2.00 bits per heavy atom. The monoisotopic (exact) mass is 399 g/mol. The highest BCUT2D eigenvalue weighted by Crippen LogP contribution is 2.31. The Kier molecular flexibility index (Phi) is 4.85. The maximum Gasteiger partial charge on any atom is 0.180 e. The van der Waals surface area contributed by atoms with Crippen LogP contribution in [0.2, 0.25) is 0 Å². The minimum Gasteiger partial charge on any atom is -0.369 e. The Hall–Kier alpha value is -1.18. The number of nitrogens with zero attached hydrogens (tertiary/aromatic N) is 4. The van der Waals surface area contributed by atoms with Gasteiger partial charge in [-0.2, -0.15) is 0 Å². The third kappa shape index (κ3) is 3.53. The van der Waals surface area contributed by atoms with Gasteiger partial charge in [0.2, 0.25) is 0 Å². The molecule has 2 rings (SSSR count). The molecule has 0 saturated carbocycles.